The predicted octanol–water partition coefficient (Wildman–Crippen LogP) is 8.43. The minimum atomic E-state index is -0.238. The predicted molar refractivity (Wildman–Crippen MR) is 167 cm³/mol. The van der Waals surface area contributed by atoms with Crippen LogP contribution in [0.3, 0.4) is 0 Å². The van der Waals surface area contributed by atoms with Gasteiger partial charge in [-0.2, -0.15) is 9.78 Å². The van der Waals surface area contributed by atoms with Crippen LogP contribution in [-0.4, -0.2) is 23.0 Å². The number of methoxy groups -OCH3 is 1. The third-order valence-electron chi connectivity index (χ3n) is 6.29. The van der Waals surface area contributed by atoms with Gasteiger partial charge >= 0.3 is 0 Å². The van der Waals surface area contributed by atoms with Crippen molar-refractivity contribution in [2.45, 2.75) is 26.4 Å². The molecule has 0 atom stereocenters. The maximum atomic E-state index is 13.4. The quantitative estimate of drug-likeness (QED) is 0.159. The van der Waals surface area contributed by atoms with Crippen LogP contribution >= 0.6 is 47.8 Å². The molecule has 0 bridgehead atoms. The molecule has 0 aliphatic carbocycles. The average Bonchev–Trinajstić information content (AvgIpc) is 2.94. The molecule has 1 heterocycles. The van der Waals surface area contributed by atoms with E-state index in [9.17, 15) is 4.79 Å². The second-order valence-corrected chi connectivity index (χ2v) is 11.7. The van der Waals surface area contributed by atoms with E-state index in [0.717, 1.165) is 25.3 Å². The summed E-state index contributed by atoms with van der Waals surface area (Å²) in [5.41, 5.74) is 2.17. The van der Waals surface area contributed by atoms with E-state index in [1.54, 1.807) is 19.4 Å². The van der Waals surface area contributed by atoms with Crippen molar-refractivity contribution in [1.82, 2.24) is 9.66 Å². The fraction of sp³-hybridized carbons (Fsp3) is 0.167. The molecule has 9 heteroatoms. The molecule has 0 aliphatic heterocycles. The number of halogens is 3. The Morgan fingerprint density at radius 2 is 1.74 bits per heavy atom. The lowest BCUT2D eigenvalue weighted by Gasteiger charge is -2.16. The molecule has 5 aromatic rings. The molecule has 0 aliphatic rings. The van der Waals surface area contributed by atoms with Crippen molar-refractivity contribution in [3.05, 3.63) is 107 Å². The molecule has 0 saturated carbocycles. The van der Waals surface area contributed by atoms with E-state index >= 15 is 0 Å². The first-order valence-electron chi connectivity index (χ1n) is 12.2. The van der Waals surface area contributed by atoms with Gasteiger partial charge < -0.3 is 9.47 Å². The number of benzene rings is 4. The molecule has 39 heavy (non-hydrogen) atoms. The van der Waals surface area contributed by atoms with E-state index in [-0.39, 0.29) is 11.5 Å². The fourth-order valence-corrected chi connectivity index (χ4v) is 5.62. The number of nitrogens with zero attached hydrogens (tertiary/aromatic N) is 3. The van der Waals surface area contributed by atoms with Crippen LogP contribution in [0.25, 0.3) is 21.7 Å². The van der Waals surface area contributed by atoms with Crippen LogP contribution in [0.5, 0.6) is 11.5 Å². The zero-order valence-corrected chi connectivity index (χ0v) is 26.2. The van der Waals surface area contributed by atoms with E-state index in [1.165, 1.54) is 4.68 Å². The van der Waals surface area contributed by atoms with Gasteiger partial charge in [-0.3, -0.25) is 4.79 Å². The van der Waals surface area contributed by atoms with Crippen LogP contribution in [0.15, 0.2) is 90.0 Å². The molecule has 0 saturated heterocycles. The van der Waals surface area contributed by atoms with Crippen molar-refractivity contribution in [2.24, 2.45) is 5.10 Å². The Hall–Kier alpha value is -3.01. The molecule has 0 spiro atoms. The zero-order valence-electron chi connectivity index (χ0n) is 21.4. The molecule has 0 N–H and O–H groups in total. The van der Waals surface area contributed by atoms with Gasteiger partial charge in [0.25, 0.3) is 5.56 Å². The summed E-state index contributed by atoms with van der Waals surface area (Å²) in [6.45, 7) is 4.33. The first-order valence-corrected chi connectivity index (χ1v) is 14.6. The Balaban J connectivity index is 1.52. The molecule has 0 unspecified atom stereocenters. The molecule has 0 radical (unpaired) electrons. The van der Waals surface area contributed by atoms with Crippen LogP contribution in [0.2, 0.25) is 0 Å². The van der Waals surface area contributed by atoms with Gasteiger partial charge in [-0.15, -0.1) is 0 Å². The number of hydrogen-bond acceptors (Lipinski definition) is 5. The highest BCUT2D eigenvalue weighted by atomic mass is 79.9. The van der Waals surface area contributed by atoms with Crippen molar-refractivity contribution >= 4 is 75.7 Å². The fourth-order valence-electron chi connectivity index (χ4n) is 4.32. The van der Waals surface area contributed by atoms with Crippen LogP contribution < -0.4 is 15.0 Å². The standard InChI is InChI=1S/C30H24Br3N3O3/c1-17(2)29-35-24-12-11-21(31)14-23(24)30(37)36(29)34-15-20-13-25(38-3)28(27(33)26(20)32)39-16-19-9-6-8-18-7-4-5-10-22(18)19/h4-15,17H,16H2,1-3H3. The average molecular weight is 714 g/mol. The van der Waals surface area contributed by atoms with E-state index in [2.05, 4.69) is 77.2 Å². The van der Waals surface area contributed by atoms with Gasteiger partial charge in [0, 0.05) is 20.4 Å². The molecule has 4 aromatic carbocycles. The van der Waals surface area contributed by atoms with E-state index < -0.39 is 0 Å². The van der Waals surface area contributed by atoms with Gasteiger partial charge in [0.15, 0.2) is 11.5 Å². The molecule has 0 amide bonds. The highest BCUT2D eigenvalue weighted by Gasteiger charge is 2.18. The van der Waals surface area contributed by atoms with Crippen molar-refractivity contribution < 1.29 is 9.47 Å². The molecular formula is C30H24Br3N3O3. The summed E-state index contributed by atoms with van der Waals surface area (Å²) in [7, 11) is 1.59. The van der Waals surface area contributed by atoms with E-state index in [0.29, 0.717) is 44.9 Å². The topological polar surface area (TPSA) is 65.7 Å². The van der Waals surface area contributed by atoms with E-state index in [1.807, 2.05) is 50.2 Å². The molecule has 0 fully saturated rings. The van der Waals surface area contributed by atoms with Crippen LogP contribution in [0.4, 0.5) is 0 Å². The van der Waals surface area contributed by atoms with Crippen LogP contribution in [0, 0.1) is 0 Å². The van der Waals surface area contributed by atoms with Crippen LogP contribution in [-0.2, 0) is 6.61 Å². The number of rotatable bonds is 7. The Kier molecular flexibility index (Phi) is 8.21. The molecule has 198 valence electrons. The minimum Gasteiger partial charge on any atom is -0.493 e. The molecule has 5 rings (SSSR count). The van der Waals surface area contributed by atoms with Gasteiger partial charge in [0.2, 0.25) is 0 Å². The third kappa shape index (κ3) is 5.53. The van der Waals surface area contributed by atoms with E-state index in [4.69, 9.17) is 14.5 Å². The zero-order chi connectivity index (χ0) is 27.7. The number of hydrogen-bond donors (Lipinski definition) is 0. The summed E-state index contributed by atoms with van der Waals surface area (Å²) in [5, 5.41) is 7.35. The molecule has 6 nitrogen and oxygen atoms in total. The molecular weight excluding hydrogens is 690 g/mol. The SMILES string of the molecule is COc1cc(C=Nn2c(C(C)C)nc3ccc(Br)cc3c2=O)c(Br)c(Br)c1OCc1cccc2ccccc12. The van der Waals surface area contributed by atoms with Crippen molar-refractivity contribution in [1.29, 1.82) is 0 Å². The van der Waals surface area contributed by atoms with Crippen LogP contribution in [0.1, 0.15) is 36.7 Å². The van der Waals surface area contributed by atoms with Gasteiger partial charge in [-0.1, -0.05) is 72.2 Å². The third-order valence-corrected chi connectivity index (χ3v) is 8.93. The number of fused-ring (bicyclic) bond motifs is 2. The Labute approximate surface area is 251 Å². The summed E-state index contributed by atoms with van der Waals surface area (Å²) < 4.78 is 15.5. The second-order valence-electron chi connectivity index (χ2n) is 9.20. The summed E-state index contributed by atoms with van der Waals surface area (Å²) in [4.78, 5) is 18.1. The first kappa shape index (κ1) is 27.6. The maximum Gasteiger partial charge on any atom is 0.282 e. The highest BCUT2D eigenvalue weighted by Crippen LogP contribution is 2.43. The smallest absolute Gasteiger partial charge is 0.282 e. The summed E-state index contributed by atoms with van der Waals surface area (Å²) in [5.74, 6) is 1.65. The van der Waals surface area contributed by atoms with Gasteiger partial charge in [-0.25, -0.2) is 4.98 Å². The second kappa shape index (κ2) is 11.6. The highest BCUT2D eigenvalue weighted by molar-refractivity contribution is 9.13. The number of ether oxygens (including phenoxy) is 2. The lowest BCUT2D eigenvalue weighted by molar-refractivity contribution is 0.283. The Morgan fingerprint density at radius 1 is 0.974 bits per heavy atom. The first-order chi connectivity index (χ1) is 18.8. The van der Waals surface area contributed by atoms with Crippen molar-refractivity contribution in [2.75, 3.05) is 7.11 Å². The monoisotopic (exact) mass is 711 g/mol. The summed E-state index contributed by atoms with van der Waals surface area (Å²) in [6.07, 6.45) is 1.62. The van der Waals surface area contributed by atoms with Gasteiger partial charge in [0.05, 0.1) is 28.7 Å². The Bertz CT molecular complexity index is 1790. The molecule has 1 aromatic heterocycles. The van der Waals surface area contributed by atoms with Crippen molar-refractivity contribution in [3.63, 3.8) is 0 Å². The lowest BCUT2D eigenvalue weighted by atomic mass is 10.1. The lowest BCUT2D eigenvalue weighted by Crippen LogP contribution is -2.23. The van der Waals surface area contributed by atoms with Crippen molar-refractivity contribution in [3.8, 4) is 11.5 Å². The van der Waals surface area contributed by atoms with Gasteiger partial charge in [0.1, 0.15) is 12.4 Å². The van der Waals surface area contributed by atoms with Gasteiger partial charge in [-0.05, 0) is 72.5 Å². The summed E-state index contributed by atoms with van der Waals surface area (Å²) in [6, 6.07) is 21.7. The Morgan fingerprint density at radius 3 is 2.51 bits per heavy atom. The summed E-state index contributed by atoms with van der Waals surface area (Å²) >= 11 is 10.8. The number of aromatic nitrogens is 2. The minimum absolute atomic E-state index is 0.0162. The normalized spacial score (nSPS) is 11.7. The largest absolute Gasteiger partial charge is 0.493 e. The maximum absolute atomic E-state index is 13.4.